The van der Waals surface area contributed by atoms with E-state index in [9.17, 15) is 14.0 Å². The minimum Gasteiger partial charge on any atom is -0.460 e. The lowest BCUT2D eigenvalue weighted by Gasteiger charge is -2.09. The summed E-state index contributed by atoms with van der Waals surface area (Å²) in [7, 11) is 1.54. The number of aryl methyl sites for hydroxylation is 2. The van der Waals surface area contributed by atoms with Crippen molar-refractivity contribution in [3.05, 3.63) is 75.9 Å². The highest BCUT2D eigenvalue weighted by Gasteiger charge is 2.16. The first-order valence-corrected chi connectivity index (χ1v) is 10.2. The van der Waals surface area contributed by atoms with E-state index in [1.54, 1.807) is 37.3 Å². The van der Waals surface area contributed by atoms with Gasteiger partial charge in [0, 0.05) is 12.0 Å². The summed E-state index contributed by atoms with van der Waals surface area (Å²) in [6.45, 7) is 4.17. The van der Waals surface area contributed by atoms with Gasteiger partial charge < -0.3 is 14.8 Å². The maximum Gasteiger partial charge on any atom is 0.338 e. The number of amides is 1. The first kappa shape index (κ1) is 21.7. The molecule has 1 heterocycles. The van der Waals surface area contributed by atoms with Gasteiger partial charge in [-0.2, -0.15) is 0 Å². The summed E-state index contributed by atoms with van der Waals surface area (Å²) >= 11 is 1.27. The van der Waals surface area contributed by atoms with Crippen LogP contribution < -0.4 is 5.32 Å². The van der Waals surface area contributed by atoms with Crippen LogP contribution in [0.4, 0.5) is 10.1 Å². The molecule has 0 radical (unpaired) electrons. The summed E-state index contributed by atoms with van der Waals surface area (Å²) < 4.78 is 24.1. The number of ether oxygens (including phenoxy) is 2. The minimum absolute atomic E-state index is 0.175. The van der Waals surface area contributed by atoms with Crippen LogP contribution in [0.1, 0.15) is 31.2 Å². The Labute approximate surface area is 178 Å². The fourth-order valence-corrected chi connectivity index (χ4v) is 3.87. The van der Waals surface area contributed by atoms with Crippen LogP contribution in [0.3, 0.4) is 0 Å². The molecule has 0 aliphatic heterocycles. The van der Waals surface area contributed by atoms with E-state index in [-0.39, 0.29) is 18.2 Å². The van der Waals surface area contributed by atoms with Crippen molar-refractivity contribution in [3.63, 3.8) is 0 Å². The van der Waals surface area contributed by atoms with Gasteiger partial charge in [-0.25, -0.2) is 9.18 Å². The molecule has 0 atom stereocenters. The highest BCUT2D eigenvalue weighted by molar-refractivity contribution is 7.17. The second kappa shape index (κ2) is 9.65. The normalized spacial score (nSPS) is 10.7. The number of rotatable bonds is 7. The smallest absolute Gasteiger partial charge is 0.338 e. The fourth-order valence-electron chi connectivity index (χ4n) is 2.89. The van der Waals surface area contributed by atoms with Gasteiger partial charge in [0.1, 0.15) is 12.4 Å². The molecule has 0 aliphatic carbocycles. The van der Waals surface area contributed by atoms with Crippen LogP contribution in [-0.4, -0.2) is 32.2 Å². The average Bonchev–Trinajstić information content (AvgIpc) is 3.21. The molecule has 0 saturated carbocycles. The number of hydrogen-bond donors (Lipinski definition) is 1. The Kier molecular flexibility index (Phi) is 6.97. The van der Waals surface area contributed by atoms with Crippen LogP contribution in [0.15, 0.2) is 48.5 Å². The molecule has 0 spiro atoms. The zero-order valence-electron chi connectivity index (χ0n) is 17.0. The van der Waals surface area contributed by atoms with Gasteiger partial charge in [0.15, 0.2) is 0 Å². The SMILES string of the molecule is COCCOC(=O)c1ccc(C)c(-c2ccc(C(=O)Nc3c(C)cccc3F)s2)c1. The molecular formula is C23H22FNO4S. The molecule has 1 aromatic heterocycles. The molecule has 5 nitrogen and oxygen atoms in total. The van der Waals surface area contributed by atoms with E-state index in [4.69, 9.17) is 9.47 Å². The predicted octanol–water partition coefficient (Wildman–Crippen LogP) is 5.23. The molecular weight excluding hydrogens is 405 g/mol. The molecule has 0 saturated heterocycles. The Balaban J connectivity index is 1.81. The fraction of sp³-hybridized carbons (Fsp3) is 0.217. The highest BCUT2D eigenvalue weighted by Crippen LogP contribution is 2.32. The molecule has 3 rings (SSSR count). The summed E-state index contributed by atoms with van der Waals surface area (Å²) in [6, 6.07) is 13.4. The van der Waals surface area contributed by atoms with E-state index in [1.165, 1.54) is 24.5 Å². The van der Waals surface area contributed by atoms with Gasteiger partial charge >= 0.3 is 5.97 Å². The lowest BCUT2D eigenvalue weighted by Crippen LogP contribution is -2.12. The predicted molar refractivity (Wildman–Crippen MR) is 116 cm³/mol. The van der Waals surface area contributed by atoms with Crippen LogP contribution in [-0.2, 0) is 9.47 Å². The van der Waals surface area contributed by atoms with Crippen LogP contribution in [0.5, 0.6) is 0 Å². The zero-order valence-corrected chi connectivity index (χ0v) is 17.8. The number of anilines is 1. The topological polar surface area (TPSA) is 64.6 Å². The third-order valence-electron chi connectivity index (χ3n) is 4.55. The summed E-state index contributed by atoms with van der Waals surface area (Å²) in [5.41, 5.74) is 3.04. The van der Waals surface area contributed by atoms with Crippen molar-refractivity contribution < 1.29 is 23.5 Å². The van der Waals surface area contributed by atoms with Crippen molar-refractivity contribution in [2.24, 2.45) is 0 Å². The third kappa shape index (κ3) is 4.93. The van der Waals surface area contributed by atoms with Gasteiger partial charge in [0.25, 0.3) is 5.91 Å². The third-order valence-corrected chi connectivity index (χ3v) is 5.67. The number of carbonyl (C=O) groups excluding carboxylic acids is 2. The molecule has 0 unspecified atom stereocenters. The average molecular weight is 427 g/mol. The number of para-hydroxylation sites is 1. The maximum absolute atomic E-state index is 14.0. The molecule has 0 bridgehead atoms. The molecule has 7 heteroatoms. The quantitative estimate of drug-likeness (QED) is 0.414. The number of halogens is 1. The molecule has 1 amide bonds. The number of nitrogens with one attached hydrogen (secondary N) is 1. The molecule has 0 fully saturated rings. The van der Waals surface area contributed by atoms with Crippen LogP contribution in [0, 0.1) is 19.7 Å². The lowest BCUT2D eigenvalue weighted by molar-refractivity contribution is 0.0388. The minimum atomic E-state index is -0.476. The Morgan fingerprint density at radius 1 is 1.03 bits per heavy atom. The largest absolute Gasteiger partial charge is 0.460 e. The summed E-state index contributed by atoms with van der Waals surface area (Å²) in [5, 5.41) is 2.64. The van der Waals surface area contributed by atoms with Crippen molar-refractivity contribution in [2.75, 3.05) is 25.6 Å². The number of hydrogen-bond acceptors (Lipinski definition) is 5. The van der Waals surface area contributed by atoms with Gasteiger partial charge in [0.05, 0.1) is 22.7 Å². The molecule has 30 heavy (non-hydrogen) atoms. The van der Waals surface area contributed by atoms with E-state index < -0.39 is 11.8 Å². The Bertz CT molecular complexity index is 1060. The standard InChI is InChI=1S/C23H22FNO4S/c1-14-7-8-16(23(27)29-12-11-28-3)13-17(14)19-9-10-20(30-19)22(26)25-21-15(2)5-4-6-18(21)24/h4-10,13H,11-12H2,1-3H3,(H,25,26). The van der Waals surface area contributed by atoms with E-state index >= 15 is 0 Å². The molecule has 2 aromatic carbocycles. The van der Waals surface area contributed by atoms with E-state index in [0.717, 1.165) is 16.0 Å². The van der Waals surface area contributed by atoms with Gasteiger partial charge in [-0.15, -0.1) is 11.3 Å². The Morgan fingerprint density at radius 3 is 2.57 bits per heavy atom. The number of esters is 1. The van der Waals surface area contributed by atoms with Crippen LogP contribution in [0.25, 0.3) is 10.4 Å². The number of benzene rings is 2. The van der Waals surface area contributed by atoms with Crippen LogP contribution >= 0.6 is 11.3 Å². The molecule has 0 aliphatic rings. The van der Waals surface area contributed by atoms with Gasteiger partial charge in [-0.3, -0.25) is 4.79 Å². The van der Waals surface area contributed by atoms with Crippen molar-refractivity contribution in [2.45, 2.75) is 13.8 Å². The van der Waals surface area contributed by atoms with Crippen molar-refractivity contribution in [1.29, 1.82) is 0 Å². The molecule has 1 N–H and O–H groups in total. The summed E-state index contributed by atoms with van der Waals surface area (Å²) in [4.78, 5) is 26.1. The summed E-state index contributed by atoms with van der Waals surface area (Å²) in [5.74, 6) is -1.29. The number of methoxy groups -OCH3 is 1. The highest BCUT2D eigenvalue weighted by atomic mass is 32.1. The van der Waals surface area contributed by atoms with E-state index in [0.29, 0.717) is 22.6 Å². The first-order chi connectivity index (χ1) is 14.4. The first-order valence-electron chi connectivity index (χ1n) is 9.34. The second-order valence-electron chi connectivity index (χ2n) is 6.71. The monoisotopic (exact) mass is 427 g/mol. The van der Waals surface area contributed by atoms with E-state index in [2.05, 4.69) is 5.32 Å². The Hall–Kier alpha value is -3.03. The van der Waals surface area contributed by atoms with Crippen molar-refractivity contribution in [3.8, 4) is 10.4 Å². The number of carbonyl (C=O) groups is 2. The lowest BCUT2D eigenvalue weighted by atomic mass is 10.0. The van der Waals surface area contributed by atoms with Gasteiger partial charge in [0.2, 0.25) is 0 Å². The van der Waals surface area contributed by atoms with Crippen LogP contribution in [0.2, 0.25) is 0 Å². The van der Waals surface area contributed by atoms with Gasteiger partial charge in [-0.1, -0.05) is 18.2 Å². The summed E-state index contributed by atoms with van der Waals surface area (Å²) in [6.07, 6.45) is 0. The second-order valence-corrected chi connectivity index (χ2v) is 7.79. The van der Waals surface area contributed by atoms with Crippen molar-refractivity contribution in [1.82, 2.24) is 0 Å². The van der Waals surface area contributed by atoms with E-state index in [1.807, 2.05) is 19.1 Å². The van der Waals surface area contributed by atoms with Crippen molar-refractivity contribution >= 4 is 28.9 Å². The molecule has 3 aromatic rings. The maximum atomic E-state index is 14.0. The van der Waals surface area contributed by atoms with Gasteiger partial charge in [-0.05, 0) is 60.9 Å². The zero-order chi connectivity index (χ0) is 21.7. The number of thiophene rings is 1. The molecule has 156 valence electrons. The Morgan fingerprint density at radius 2 is 1.83 bits per heavy atom.